The zero-order valence-electron chi connectivity index (χ0n) is 20.3. The van der Waals surface area contributed by atoms with Crippen LogP contribution in [-0.2, 0) is 28.5 Å². The summed E-state index contributed by atoms with van der Waals surface area (Å²) in [6, 6.07) is -2.84. The third-order valence-electron chi connectivity index (χ3n) is 6.69. The number of likely N-dealkylation sites (N-methyl/N-ethyl adjacent to an activating group) is 1. The van der Waals surface area contributed by atoms with E-state index in [0.717, 1.165) is 0 Å². The Morgan fingerprint density at radius 1 is 1.17 bits per heavy atom. The molecule has 12 atom stereocenters. The van der Waals surface area contributed by atoms with Gasteiger partial charge >= 0.3 is 5.97 Å². The lowest BCUT2D eigenvalue weighted by Crippen LogP contribution is -2.67. The molecular formula is C21H38N2O13. The standard InChI is InChI=1S/C21H38N2O13/c1-9(27)10-4-11(28)15(23-10)19(32)17(30)14(7-25)35-21(34-8-26)5-12(29)16(22-2)20(36-21)18(31)13(6-24)33-3/h8,10-20,22-25,28-32H,4-7H2,1-3H3/t10?,11?,12?,13-,14-,15?,16?,17-,18-,19?,20?,21?/m1/s1. The second-order valence-corrected chi connectivity index (χ2v) is 8.99. The minimum Gasteiger partial charge on any atom is -0.410 e. The molecule has 8 unspecified atom stereocenters. The van der Waals surface area contributed by atoms with Crippen LogP contribution < -0.4 is 10.6 Å². The summed E-state index contributed by atoms with van der Waals surface area (Å²) < 4.78 is 21.3. The highest BCUT2D eigenvalue weighted by atomic mass is 16.9. The summed E-state index contributed by atoms with van der Waals surface area (Å²) in [4.78, 5) is 23.0. The van der Waals surface area contributed by atoms with E-state index < -0.39 is 92.6 Å². The van der Waals surface area contributed by atoms with Crippen LogP contribution in [0, 0.1) is 0 Å². The van der Waals surface area contributed by atoms with Gasteiger partial charge in [0.2, 0.25) is 0 Å². The van der Waals surface area contributed by atoms with Crippen LogP contribution in [0.2, 0.25) is 0 Å². The van der Waals surface area contributed by atoms with E-state index in [9.17, 15) is 45.3 Å². The second-order valence-electron chi connectivity index (χ2n) is 8.99. The molecule has 2 aliphatic heterocycles. The maximum Gasteiger partial charge on any atom is 0.332 e. The van der Waals surface area contributed by atoms with Gasteiger partial charge in [0.15, 0.2) is 0 Å². The van der Waals surface area contributed by atoms with Gasteiger partial charge in [0.25, 0.3) is 6.47 Å². The molecule has 0 radical (unpaired) electrons. The first-order valence-corrected chi connectivity index (χ1v) is 11.5. The van der Waals surface area contributed by atoms with Gasteiger partial charge in [-0.25, -0.2) is 0 Å². The number of ketones is 1. The molecule has 0 amide bonds. The Kier molecular flexibility index (Phi) is 11.5. The van der Waals surface area contributed by atoms with Gasteiger partial charge in [0, 0.05) is 7.11 Å². The van der Waals surface area contributed by atoms with Crippen molar-refractivity contribution in [1.82, 2.24) is 10.6 Å². The molecule has 0 aromatic rings. The van der Waals surface area contributed by atoms with E-state index in [-0.39, 0.29) is 18.7 Å². The highest BCUT2D eigenvalue weighted by Gasteiger charge is 2.55. The van der Waals surface area contributed by atoms with Crippen molar-refractivity contribution in [2.75, 3.05) is 27.4 Å². The van der Waals surface area contributed by atoms with Crippen molar-refractivity contribution < 1.29 is 64.3 Å². The first kappa shape index (κ1) is 30.9. The van der Waals surface area contributed by atoms with Crippen LogP contribution in [0.15, 0.2) is 0 Å². The number of hydrogen-bond donors (Lipinski definition) is 9. The van der Waals surface area contributed by atoms with Crippen molar-refractivity contribution in [3.63, 3.8) is 0 Å². The Morgan fingerprint density at radius 2 is 1.81 bits per heavy atom. The molecule has 0 spiro atoms. The highest BCUT2D eigenvalue weighted by molar-refractivity contribution is 5.81. The third-order valence-corrected chi connectivity index (χ3v) is 6.69. The van der Waals surface area contributed by atoms with Gasteiger partial charge in [-0.3, -0.25) is 14.9 Å². The van der Waals surface area contributed by atoms with Crippen LogP contribution in [0.3, 0.4) is 0 Å². The Labute approximate surface area is 207 Å². The van der Waals surface area contributed by atoms with Crippen LogP contribution in [0.4, 0.5) is 0 Å². The Bertz CT molecular complexity index is 713. The summed E-state index contributed by atoms with van der Waals surface area (Å²) >= 11 is 0. The number of aliphatic hydroxyl groups excluding tert-OH is 7. The molecule has 2 rings (SSSR count). The lowest BCUT2D eigenvalue weighted by Gasteiger charge is -2.48. The lowest BCUT2D eigenvalue weighted by molar-refractivity contribution is -0.427. The summed E-state index contributed by atoms with van der Waals surface area (Å²) in [6.07, 6.45) is -12.5. The maximum absolute atomic E-state index is 11.6. The zero-order chi connectivity index (χ0) is 27.2. The average Bonchev–Trinajstić information content (AvgIpc) is 3.24. The second kappa shape index (κ2) is 13.5. The molecule has 15 heteroatoms. The number of carbonyl (C=O) groups excluding carboxylic acids is 2. The number of hydrogen-bond acceptors (Lipinski definition) is 15. The molecule has 0 saturated carbocycles. The van der Waals surface area contributed by atoms with E-state index in [1.165, 1.54) is 21.1 Å². The van der Waals surface area contributed by atoms with Crippen molar-refractivity contribution >= 4 is 12.3 Å². The third kappa shape index (κ3) is 6.75. The molecule has 210 valence electrons. The molecule has 0 aromatic heterocycles. The molecule has 2 heterocycles. The van der Waals surface area contributed by atoms with Crippen molar-refractivity contribution in [3.05, 3.63) is 0 Å². The number of methoxy groups -OCH3 is 1. The van der Waals surface area contributed by atoms with E-state index in [0.29, 0.717) is 0 Å². The van der Waals surface area contributed by atoms with Gasteiger partial charge in [-0.2, -0.15) is 0 Å². The summed E-state index contributed by atoms with van der Waals surface area (Å²) in [5.41, 5.74) is 0. The predicted octanol–water partition coefficient (Wildman–Crippen LogP) is -5.30. The Balaban J connectivity index is 2.28. The van der Waals surface area contributed by atoms with E-state index in [1.807, 2.05) is 0 Å². The van der Waals surface area contributed by atoms with E-state index in [2.05, 4.69) is 10.6 Å². The summed E-state index contributed by atoms with van der Waals surface area (Å²) in [6.45, 7) is -0.308. The van der Waals surface area contributed by atoms with Gasteiger partial charge in [-0.1, -0.05) is 0 Å². The number of ether oxygens (including phenoxy) is 4. The monoisotopic (exact) mass is 526 g/mol. The first-order valence-electron chi connectivity index (χ1n) is 11.5. The SMILES string of the molecule is CNC1C(O)CC(OC=O)(O[C@H](CO)[C@@H](O)C(O)C2NC(C(C)=O)CC2O)OC1[C@H](O)[C@@H](CO)OC. The summed E-state index contributed by atoms with van der Waals surface area (Å²) in [5.74, 6) is -2.72. The molecule has 9 N–H and O–H groups in total. The lowest BCUT2D eigenvalue weighted by atomic mass is 9.91. The first-order chi connectivity index (χ1) is 17.0. The van der Waals surface area contributed by atoms with Gasteiger partial charge < -0.3 is 60.0 Å². The Morgan fingerprint density at radius 3 is 2.28 bits per heavy atom. The maximum atomic E-state index is 11.6. The molecule has 2 aliphatic rings. The van der Waals surface area contributed by atoms with E-state index >= 15 is 0 Å². The van der Waals surface area contributed by atoms with Crippen LogP contribution in [0.5, 0.6) is 0 Å². The van der Waals surface area contributed by atoms with Crippen molar-refractivity contribution in [3.8, 4) is 0 Å². The molecule has 0 aromatic carbocycles. The Hall–Kier alpha value is -1.34. The minimum atomic E-state index is -2.44. The van der Waals surface area contributed by atoms with Crippen LogP contribution in [0.1, 0.15) is 19.8 Å². The van der Waals surface area contributed by atoms with Crippen LogP contribution >= 0.6 is 0 Å². The smallest absolute Gasteiger partial charge is 0.332 e. The number of carbonyl (C=O) groups is 2. The van der Waals surface area contributed by atoms with Crippen molar-refractivity contribution in [2.24, 2.45) is 0 Å². The fraction of sp³-hybridized carbons (Fsp3) is 0.905. The largest absolute Gasteiger partial charge is 0.410 e. The van der Waals surface area contributed by atoms with Gasteiger partial charge in [-0.15, -0.1) is 0 Å². The highest BCUT2D eigenvalue weighted by Crippen LogP contribution is 2.35. The van der Waals surface area contributed by atoms with E-state index in [1.54, 1.807) is 0 Å². The normalized spacial score (nSPS) is 37.1. The number of nitrogens with one attached hydrogen (secondary N) is 2. The molecular weight excluding hydrogens is 488 g/mol. The molecule has 2 saturated heterocycles. The minimum absolute atomic E-state index is 0.00157. The van der Waals surface area contributed by atoms with E-state index in [4.69, 9.17) is 18.9 Å². The van der Waals surface area contributed by atoms with Crippen LogP contribution in [-0.4, -0.2) is 148 Å². The molecule has 0 bridgehead atoms. The van der Waals surface area contributed by atoms with Crippen LogP contribution in [0.25, 0.3) is 0 Å². The fourth-order valence-electron chi connectivity index (χ4n) is 4.64. The number of aliphatic hydroxyl groups is 7. The summed E-state index contributed by atoms with van der Waals surface area (Å²) in [5, 5.41) is 78.0. The molecule has 15 nitrogen and oxygen atoms in total. The van der Waals surface area contributed by atoms with Crippen molar-refractivity contribution in [1.29, 1.82) is 0 Å². The molecule has 36 heavy (non-hydrogen) atoms. The fourth-order valence-corrected chi connectivity index (χ4v) is 4.64. The molecule has 2 fully saturated rings. The summed E-state index contributed by atoms with van der Waals surface area (Å²) in [7, 11) is 2.70. The average molecular weight is 527 g/mol. The molecule has 0 aliphatic carbocycles. The topological polar surface area (TPSA) is 237 Å². The van der Waals surface area contributed by atoms with Crippen molar-refractivity contribution in [2.45, 2.75) is 92.7 Å². The zero-order valence-corrected chi connectivity index (χ0v) is 20.3. The van der Waals surface area contributed by atoms with Gasteiger partial charge in [-0.05, 0) is 20.4 Å². The number of rotatable bonds is 14. The van der Waals surface area contributed by atoms with Gasteiger partial charge in [0.1, 0.15) is 42.4 Å². The predicted molar refractivity (Wildman–Crippen MR) is 118 cm³/mol. The quantitative estimate of drug-likeness (QED) is 0.0759. The van der Waals surface area contributed by atoms with Gasteiger partial charge in [0.05, 0.1) is 50.0 Å². The number of Topliss-reactive ketones (excluding diaryl/α,β-unsaturated/α-hetero) is 1.